The first-order chi connectivity index (χ1) is 9.60. The molecule has 20 heavy (non-hydrogen) atoms. The minimum atomic E-state index is -0.124. The lowest BCUT2D eigenvalue weighted by Crippen LogP contribution is -2.24. The quantitative estimate of drug-likeness (QED) is 0.863. The highest BCUT2D eigenvalue weighted by atomic mass is 79.9. The van der Waals surface area contributed by atoms with Gasteiger partial charge in [-0.1, -0.05) is 0 Å². The monoisotopic (exact) mass is 353 g/mol. The van der Waals surface area contributed by atoms with Crippen LogP contribution in [0.5, 0.6) is 0 Å². The minimum absolute atomic E-state index is 0.124. The number of carbonyl (C=O) groups excluding carboxylic acids is 1. The van der Waals surface area contributed by atoms with Gasteiger partial charge in [-0.05, 0) is 48.0 Å². The number of aryl methyl sites for hydroxylation is 1. The number of carbonyl (C=O) groups is 1. The van der Waals surface area contributed by atoms with Gasteiger partial charge in [-0.2, -0.15) is 0 Å². The zero-order chi connectivity index (χ0) is 14.5. The molecule has 0 saturated heterocycles. The first-order valence-corrected chi connectivity index (χ1v) is 7.94. The number of nitrogens with one attached hydrogen (secondary N) is 2. The summed E-state index contributed by atoms with van der Waals surface area (Å²) in [6.07, 6.45) is 1.68. The Kier molecular flexibility index (Phi) is 5.14. The minimum Gasteiger partial charge on any atom is -0.370 e. The van der Waals surface area contributed by atoms with Crippen molar-refractivity contribution in [2.45, 2.75) is 20.4 Å². The lowest BCUT2D eigenvalue weighted by atomic mass is 10.2. The van der Waals surface area contributed by atoms with E-state index in [0.717, 1.165) is 15.9 Å². The van der Waals surface area contributed by atoms with Gasteiger partial charge in [0.25, 0.3) is 5.91 Å². The smallest absolute Gasteiger partial charge is 0.255 e. The van der Waals surface area contributed by atoms with Crippen LogP contribution in [0.15, 0.2) is 28.9 Å². The Hall–Kier alpha value is -1.40. The van der Waals surface area contributed by atoms with E-state index in [-0.39, 0.29) is 5.91 Å². The van der Waals surface area contributed by atoms with E-state index in [9.17, 15) is 4.79 Å². The molecule has 0 fully saturated rings. The van der Waals surface area contributed by atoms with Gasteiger partial charge in [0.15, 0.2) is 0 Å². The average Bonchev–Trinajstić information content (AvgIpc) is 2.84. The lowest BCUT2D eigenvalue weighted by Gasteiger charge is -2.10. The third-order valence-corrected chi connectivity index (χ3v) is 4.10. The Morgan fingerprint density at radius 2 is 2.25 bits per heavy atom. The number of halogens is 1. The fourth-order valence-corrected chi connectivity index (χ4v) is 2.92. The maximum atomic E-state index is 12.3. The molecule has 0 aliphatic rings. The maximum Gasteiger partial charge on any atom is 0.255 e. The predicted molar refractivity (Wildman–Crippen MR) is 86.3 cm³/mol. The maximum absolute atomic E-state index is 12.3. The first kappa shape index (κ1) is 15.0. The van der Waals surface area contributed by atoms with E-state index in [0.29, 0.717) is 17.9 Å². The number of hydrogen-bond donors (Lipinski definition) is 2. The number of anilines is 1. The molecule has 0 bridgehead atoms. The van der Waals surface area contributed by atoms with Gasteiger partial charge in [-0.25, -0.2) is 4.98 Å². The van der Waals surface area contributed by atoms with Gasteiger partial charge in [-0.3, -0.25) is 4.79 Å². The molecular weight excluding hydrogens is 338 g/mol. The molecule has 0 radical (unpaired) electrons. The highest BCUT2D eigenvalue weighted by Crippen LogP contribution is 2.19. The average molecular weight is 354 g/mol. The number of amides is 1. The Morgan fingerprint density at radius 3 is 2.90 bits per heavy atom. The van der Waals surface area contributed by atoms with Gasteiger partial charge in [0, 0.05) is 27.0 Å². The molecule has 2 heterocycles. The molecule has 0 aliphatic carbocycles. The molecule has 6 heteroatoms. The van der Waals surface area contributed by atoms with Crippen molar-refractivity contribution < 1.29 is 4.79 Å². The van der Waals surface area contributed by atoms with Crippen molar-refractivity contribution in [3.8, 4) is 0 Å². The summed E-state index contributed by atoms with van der Waals surface area (Å²) in [4.78, 5) is 18.9. The largest absolute Gasteiger partial charge is 0.370 e. The van der Waals surface area contributed by atoms with Crippen molar-refractivity contribution in [1.29, 1.82) is 0 Å². The van der Waals surface area contributed by atoms with Crippen LogP contribution in [0.3, 0.4) is 0 Å². The van der Waals surface area contributed by atoms with Crippen LogP contribution in [-0.4, -0.2) is 17.4 Å². The molecule has 4 nitrogen and oxygen atoms in total. The summed E-state index contributed by atoms with van der Waals surface area (Å²) in [5.74, 6) is 0.483. The van der Waals surface area contributed by atoms with Gasteiger partial charge in [0.05, 0.1) is 12.1 Å². The summed E-state index contributed by atoms with van der Waals surface area (Å²) in [5.41, 5.74) is 0.550. The fraction of sp³-hybridized carbons (Fsp3) is 0.286. The van der Waals surface area contributed by atoms with Crippen molar-refractivity contribution in [3.63, 3.8) is 0 Å². The molecule has 2 aromatic heterocycles. The van der Waals surface area contributed by atoms with E-state index in [1.54, 1.807) is 23.6 Å². The second-order valence-corrected chi connectivity index (χ2v) is 6.56. The zero-order valence-corrected chi connectivity index (χ0v) is 13.8. The summed E-state index contributed by atoms with van der Waals surface area (Å²) < 4.78 is 0.788. The second-order valence-electron chi connectivity index (χ2n) is 4.28. The van der Waals surface area contributed by atoms with Crippen molar-refractivity contribution in [1.82, 2.24) is 10.3 Å². The van der Waals surface area contributed by atoms with Gasteiger partial charge in [0.2, 0.25) is 0 Å². The molecule has 0 spiro atoms. The van der Waals surface area contributed by atoms with E-state index in [4.69, 9.17) is 0 Å². The molecule has 0 unspecified atom stereocenters. The normalized spacial score (nSPS) is 10.3. The van der Waals surface area contributed by atoms with Crippen LogP contribution >= 0.6 is 27.3 Å². The zero-order valence-electron chi connectivity index (χ0n) is 11.4. The third-order valence-electron chi connectivity index (χ3n) is 2.66. The summed E-state index contributed by atoms with van der Waals surface area (Å²) in [6, 6.07) is 5.86. The van der Waals surface area contributed by atoms with Crippen LogP contribution in [0.1, 0.15) is 27.0 Å². The highest BCUT2D eigenvalue weighted by molar-refractivity contribution is 9.10. The van der Waals surface area contributed by atoms with Crippen molar-refractivity contribution >= 4 is 39.0 Å². The molecule has 2 rings (SSSR count). The van der Waals surface area contributed by atoms with Crippen LogP contribution in [0.2, 0.25) is 0 Å². The van der Waals surface area contributed by atoms with E-state index >= 15 is 0 Å². The Morgan fingerprint density at radius 1 is 1.45 bits per heavy atom. The summed E-state index contributed by atoms with van der Waals surface area (Å²) >= 11 is 5.03. The summed E-state index contributed by atoms with van der Waals surface area (Å²) in [6.45, 7) is 5.28. The van der Waals surface area contributed by atoms with Crippen LogP contribution in [-0.2, 0) is 6.54 Å². The van der Waals surface area contributed by atoms with Crippen LogP contribution < -0.4 is 10.6 Å². The van der Waals surface area contributed by atoms with E-state index in [2.05, 4.69) is 44.5 Å². The van der Waals surface area contributed by atoms with E-state index in [1.165, 1.54) is 4.88 Å². The van der Waals surface area contributed by atoms with Crippen molar-refractivity contribution in [2.24, 2.45) is 0 Å². The molecule has 0 atom stereocenters. The predicted octanol–water partition coefficient (Wildman–Crippen LogP) is 3.58. The van der Waals surface area contributed by atoms with Gasteiger partial charge in [-0.15, -0.1) is 11.3 Å². The number of rotatable bonds is 5. The number of thiophene rings is 1. The van der Waals surface area contributed by atoms with Crippen LogP contribution in [0.4, 0.5) is 5.82 Å². The number of nitrogens with zero attached hydrogens (tertiary/aromatic N) is 1. The standard InChI is InChI=1S/C14H16BrN3OS/c1-3-16-13-12(6-10(15)7-17-13)14(19)18-8-11-5-4-9(2)20-11/h4-7H,3,8H2,1-2H3,(H,16,17)(H,18,19). The summed E-state index contributed by atoms with van der Waals surface area (Å²) in [7, 11) is 0. The number of hydrogen-bond acceptors (Lipinski definition) is 4. The number of pyridine rings is 1. The third kappa shape index (κ3) is 3.80. The fourth-order valence-electron chi connectivity index (χ4n) is 1.76. The topological polar surface area (TPSA) is 54.0 Å². The molecule has 2 N–H and O–H groups in total. The van der Waals surface area contributed by atoms with Crippen LogP contribution in [0, 0.1) is 6.92 Å². The van der Waals surface area contributed by atoms with Crippen LogP contribution in [0.25, 0.3) is 0 Å². The van der Waals surface area contributed by atoms with E-state index in [1.807, 2.05) is 13.0 Å². The molecule has 0 saturated carbocycles. The first-order valence-electron chi connectivity index (χ1n) is 6.33. The molecule has 0 aromatic carbocycles. The Balaban J connectivity index is 2.09. The Labute approximate surface area is 130 Å². The second kappa shape index (κ2) is 6.85. The molecular formula is C14H16BrN3OS. The van der Waals surface area contributed by atoms with Gasteiger partial charge in [0.1, 0.15) is 5.82 Å². The van der Waals surface area contributed by atoms with Crippen molar-refractivity contribution in [2.75, 3.05) is 11.9 Å². The Bertz CT molecular complexity index is 612. The molecule has 1 amide bonds. The molecule has 0 aliphatic heterocycles. The SMILES string of the molecule is CCNc1ncc(Br)cc1C(=O)NCc1ccc(C)s1. The molecule has 2 aromatic rings. The summed E-state index contributed by atoms with van der Waals surface area (Å²) in [5, 5.41) is 6.02. The molecule has 106 valence electrons. The lowest BCUT2D eigenvalue weighted by molar-refractivity contribution is 0.0951. The van der Waals surface area contributed by atoms with Crippen molar-refractivity contribution in [3.05, 3.63) is 44.2 Å². The van der Waals surface area contributed by atoms with Gasteiger partial charge < -0.3 is 10.6 Å². The van der Waals surface area contributed by atoms with Gasteiger partial charge >= 0.3 is 0 Å². The highest BCUT2D eigenvalue weighted by Gasteiger charge is 2.13. The number of aromatic nitrogens is 1. The van der Waals surface area contributed by atoms with E-state index < -0.39 is 0 Å².